The number of ether oxygens (including phenoxy) is 1. The predicted molar refractivity (Wildman–Crippen MR) is 130 cm³/mol. The van der Waals surface area contributed by atoms with Crippen molar-refractivity contribution in [1.29, 1.82) is 0 Å². The van der Waals surface area contributed by atoms with Crippen LogP contribution in [0.15, 0.2) is 65.7 Å². The van der Waals surface area contributed by atoms with Crippen LogP contribution >= 0.6 is 0 Å². The van der Waals surface area contributed by atoms with Gasteiger partial charge in [-0.25, -0.2) is 4.79 Å². The molecule has 0 bridgehead atoms. The Balaban J connectivity index is 1.42. The third kappa shape index (κ3) is 3.75. The van der Waals surface area contributed by atoms with Gasteiger partial charge in [-0.05, 0) is 53.9 Å². The number of rotatable bonds is 8. The number of carbonyl (C=O) groups excluding carboxylic acids is 1. The van der Waals surface area contributed by atoms with Crippen LogP contribution in [0.5, 0.6) is 0 Å². The molecule has 0 amide bonds. The molecule has 5 heteroatoms. The number of benzene rings is 2. The molecule has 1 N–H and O–H groups in total. The lowest BCUT2D eigenvalue weighted by Crippen LogP contribution is -2.65. The molecule has 1 atom stereocenters. The zero-order valence-corrected chi connectivity index (χ0v) is 20.1. The Morgan fingerprint density at radius 1 is 1.03 bits per heavy atom. The minimum atomic E-state index is -3.04. The third-order valence-electron chi connectivity index (χ3n) is 8.01. The average molecular weight is 448 g/mol. The van der Waals surface area contributed by atoms with Crippen LogP contribution in [0.4, 0.5) is 0 Å². The minimum Gasteiger partial charge on any atom is -0.458 e. The van der Waals surface area contributed by atoms with E-state index in [1.54, 1.807) is 0 Å². The fourth-order valence-electron chi connectivity index (χ4n) is 5.38. The summed E-state index contributed by atoms with van der Waals surface area (Å²) in [6, 6.07) is 20.0. The van der Waals surface area contributed by atoms with Crippen molar-refractivity contribution in [3.05, 3.63) is 60.7 Å². The standard InChI is InChI=1S/C27H33NO3Si/c1-26(2,32(30,21-9-5-3-6-10-21)22-11-7-4-8-12-22)15-16-27(17-18-27)24-25(29)31-19-23(28-24)20-13-14-20/h3-12,20,24,30H,13-19H2,1-2H3/t24-/m1/s1. The fourth-order valence-corrected chi connectivity index (χ4v) is 9.11. The average Bonchev–Trinajstić information content (AvgIpc) is 3.74. The monoisotopic (exact) mass is 447 g/mol. The highest BCUT2D eigenvalue weighted by Gasteiger charge is 2.57. The Hall–Kier alpha value is -2.24. The van der Waals surface area contributed by atoms with Crippen LogP contribution in [0.1, 0.15) is 52.4 Å². The molecule has 168 valence electrons. The summed E-state index contributed by atoms with van der Waals surface area (Å²) in [5.74, 6) is 0.384. The lowest BCUT2D eigenvalue weighted by atomic mass is 9.87. The van der Waals surface area contributed by atoms with E-state index in [2.05, 4.69) is 38.1 Å². The maximum absolute atomic E-state index is 12.7. The largest absolute Gasteiger partial charge is 0.458 e. The lowest BCUT2D eigenvalue weighted by molar-refractivity contribution is -0.146. The molecular formula is C27H33NO3Si. The molecule has 5 rings (SSSR count). The Kier molecular flexibility index (Phi) is 5.37. The van der Waals surface area contributed by atoms with E-state index in [-0.39, 0.29) is 22.5 Å². The maximum Gasteiger partial charge on any atom is 0.331 e. The van der Waals surface area contributed by atoms with Crippen LogP contribution in [0.25, 0.3) is 0 Å². The summed E-state index contributed by atoms with van der Waals surface area (Å²) in [6.45, 7) is 4.79. The molecule has 3 aliphatic rings. The van der Waals surface area contributed by atoms with Gasteiger partial charge in [0.1, 0.15) is 6.61 Å². The summed E-state index contributed by atoms with van der Waals surface area (Å²) in [6.07, 6.45) is 6.11. The van der Waals surface area contributed by atoms with Crippen LogP contribution < -0.4 is 10.4 Å². The van der Waals surface area contributed by atoms with Gasteiger partial charge < -0.3 is 9.53 Å². The van der Waals surface area contributed by atoms with Gasteiger partial charge in [0.25, 0.3) is 8.32 Å². The predicted octanol–water partition coefficient (Wildman–Crippen LogP) is 3.86. The van der Waals surface area contributed by atoms with Gasteiger partial charge in [0, 0.05) is 11.3 Å². The molecule has 0 saturated heterocycles. The SMILES string of the molecule is CC(C)(CCC1([C@@H]2N=C(C3CC3)COC2=O)CC1)[Si](O)(c1ccccc1)c1ccccc1. The third-order valence-corrected chi connectivity index (χ3v) is 12.6. The molecule has 2 fully saturated rings. The Labute approximate surface area is 191 Å². The Bertz CT molecular complexity index is 970. The van der Waals surface area contributed by atoms with Crippen LogP contribution in [-0.2, 0) is 9.53 Å². The number of esters is 1. The first-order valence-electron chi connectivity index (χ1n) is 11.9. The Morgan fingerprint density at radius 3 is 2.09 bits per heavy atom. The van der Waals surface area contributed by atoms with Gasteiger partial charge in [-0.3, -0.25) is 4.99 Å². The van der Waals surface area contributed by atoms with Gasteiger partial charge in [0.15, 0.2) is 6.04 Å². The molecule has 2 aliphatic carbocycles. The number of hydrogen-bond acceptors (Lipinski definition) is 4. The molecule has 1 aliphatic heterocycles. The van der Waals surface area contributed by atoms with E-state index < -0.39 is 8.32 Å². The van der Waals surface area contributed by atoms with Gasteiger partial charge in [-0.15, -0.1) is 0 Å². The van der Waals surface area contributed by atoms with E-state index in [1.807, 2.05) is 36.4 Å². The van der Waals surface area contributed by atoms with Crippen LogP contribution in [0, 0.1) is 11.3 Å². The number of cyclic esters (lactones) is 1. The zero-order chi connectivity index (χ0) is 22.4. The zero-order valence-electron chi connectivity index (χ0n) is 19.1. The molecule has 0 aromatic heterocycles. The summed E-state index contributed by atoms with van der Waals surface area (Å²) in [4.78, 5) is 30.0. The van der Waals surface area contributed by atoms with Crippen molar-refractivity contribution in [3.63, 3.8) is 0 Å². The highest BCUT2D eigenvalue weighted by atomic mass is 28.4. The van der Waals surface area contributed by atoms with Crippen LogP contribution in [0.3, 0.4) is 0 Å². The van der Waals surface area contributed by atoms with Crippen molar-refractivity contribution in [3.8, 4) is 0 Å². The van der Waals surface area contributed by atoms with E-state index in [4.69, 9.17) is 9.73 Å². The van der Waals surface area contributed by atoms with Crippen molar-refractivity contribution < 1.29 is 14.3 Å². The molecule has 0 unspecified atom stereocenters. The summed E-state index contributed by atoms with van der Waals surface area (Å²) >= 11 is 0. The second-order valence-electron chi connectivity index (χ2n) is 10.6. The van der Waals surface area contributed by atoms with Gasteiger partial charge in [-0.1, -0.05) is 74.5 Å². The molecule has 2 saturated carbocycles. The normalized spacial score (nSPS) is 22.8. The number of aliphatic imine (C=N–C) groups is 1. The van der Waals surface area contributed by atoms with Crippen LogP contribution in [0.2, 0.25) is 5.04 Å². The second kappa shape index (κ2) is 7.96. The molecule has 2 aromatic carbocycles. The first kappa shape index (κ1) is 21.6. The number of hydrogen-bond donors (Lipinski definition) is 1. The van der Waals surface area contributed by atoms with Gasteiger partial charge in [-0.2, -0.15) is 0 Å². The van der Waals surface area contributed by atoms with E-state index >= 15 is 0 Å². The van der Waals surface area contributed by atoms with Crippen molar-refractivity contribution in [2.75, 3.05) is 6.61 Å². The highest BCUT2D eigenvalue weighted by Crippen LogP contribution is 2.57. The second-order valence-corrected chi connectivity index (χ2v) is 14.5. The van der Waals surface area contributed by atoms with Crippen molar-refractivity contribution >= 4 is 30.4 Å². The van der Waals surface area contributed by atoms with Gasteiger partial charge in [0.05, 0.1) is 5.71 Å². The number of carbonyl (C=O) groups is 1. The molecule has 2 aromatic rings. The molecule has 4 nitrogen and oxygen atoms in total. The summed E-state index contributed by atoms with van der Waals surface area (Å²) in [5.41, 5.74) is 0.997. The molecular weight excluding hydrogens is 414 g/mol. The molecule has 0 radical (unpaired) electrons. The molecule has 1 heterocycles. The molecule has 32 heavy (non-hydrogen) atoms. The quantitative estimate of drug-likeness (QED) is 0.494. The minimum absolute atomic E-state index is 0.0996. The number of nitrogens with zero attached hydrogens (tertiary/aromatic N) is 1. The van der Waals surface area contributed by atoms with Crippen molar-refractivity contribution in [1.82, 2.24) is 0 Å². The summed E-state index contributed by atoms with van der Waals surface area (Å²) < 4.78 is 5.56. The van der Waals surface area contributed by atoms with Crippen molar-refractivity contribution in [2.24, 2.45) is 16.3 Å². The van der Waals surface area contributed by atoms with Gasteiger partial charge >= 0.3 is 5.97 Å². The summed E-state index contributed by atoms with van der Waals surface area (Å²) in [5, 5.41) is 1.76. The maximum atomic E-state index is 12.7. The highest BCUT2D eigenvalue weighted by molar-refractivity contribution is 6.98. The first-order chi connectivity index (χ1) is 15.4. The van der Waals surface area contributed by atoms with Crippen LogP contribution in [-0.4, -0.2) is 37.4 Å². The topological polar surface area (TPSA) is 58.9 Å². The fraction of sp³-hybridized carbons (Fsp3) is 0.481. The van der Waals surface area contributed by atoms with E-state index in [1.165, 1.54) is 12.8 Å². The van der Waals surface area contributed by atoms with Crippen molar-refractivity contribution in [2.45, 2.75) is 63.5 Å². The smallest absolute Gasteiger partial charge is 0.331 e. The van der Waals surface area contributed by atoms with E-state index in [0.717, 1.165) is 41.8 Å². The Morgan fingerprint density at radius 2 is 1.59 bits per heavy atom. The van der Waals surface area contributed by atoms with E-state index in [0.29, 0.717) is 12.5 Å². The van der Waals surface area contributed by atoms with E-state index in [9.17, 15) is 9.59 Å². The molecule has 0 spiro atoms. The van der Waals surface area contributed by atoms with Gasteiger partial charge in [0.2, 0.25) is 0 Å². The lowest BCUT2D eigenvalue weighted by Gasteiger charge is -2.42. The first-order valence-corrected chi connectivity index (χ1v) is 13.9. The summed E-state index contributed by atoms with van der Waals surface area (Å²) in [7, 11) is -3.04.